The normalized spacial score (nSPS) is 18.0. The van der Waals surface area contributed by atoms with Crippen LogP contribution in [0.5, 0.6) is 0 Å². The predicted molar refractivity (Wildman–Crippen MR) is 75.7 cm³/mol. The number of hydrogen-bond donors (Lipinski definition) is 2. The lowest BCUT2D eigenvalue weighted by molar-refractivity contribution is -0.122. The highest BCUT2D eigenvalue weighted by Gasteiger charge is 2.28. The van der Waals surface area contributed by atoms with Crippen LogP contribution in [0.4, 0.5) is 8.78 Å². The van der Waals surface area contributed by atoms with Crippen LogP contribution in [-0.2, 0) is 11.2 Å². The number of carbonyl (C=O) groups is 1. The molecule has 0 aliphatic heterocycles. The smallest absolute Gasteiger partial charge is 0.224 e. The Morgan fingerprint density at radius 2 is 1.71 bits per heavy atom. The number of nitrogens with one attached hydrogen (secondary N) is 1. The fourth-order valence-corrected chi connectivity index (χ4v) is 2.75. The second kappa shape index (κ2) is 6.98. The largest absolute Gasteiger partial charge is 0.388 e. The van der Waals surface area contributed by atoms with Gasteiger partial charge in [0.1, 0.15) is 11.6 Å². The summed E-state index contributed by atoms with van der Waals surface area (Å²) in [5.41, 5.74) is -1.12. The Morgan fingerprint density at radius 3 is 2.29 bits per heavy atom. The molecule has 0 heterocycles. The molecular weight excluding hydrogens is 276 g/mol. The van der Waals surface area contributed by atoms with Crippen LogP contribution in [0.15, 0.2) is 18.2 Å². The summed E-state index contributed by atoms with van der Waals surface area (Å²) in [7, 11) is 0. The minimum absolute atomic E-state index is 0.141. The Morgan fingerprint density at radius 1 is 1.14 bits per heavy atom. The minimum Gasteiger partial charge on any atom is -0.388 e. The fourth-order valence-electron chi connectivity index (χ4n) is 2.75. The summed E-state index contributed by atoms with van der Waals surface area (Å²) in [6, 6.07) is 3.52. The van der Waals surface area contributed by atoms with Gasteiger partial charge in [0.15, 0.2) is 0 Å². The van der Waals surface area contributed by atoms with Crippen LogP contribution in [0.1, 0.15) is 44.1 Å². The summed E-state index contributed by atoms with van der Waals surface area (Å²) in [6.07, 6.45) is 5.02. The molecular formula is C16H21F2NO2. The van der Waals surface area contributed by atoms with E-state index < -0.39 is 23.1 Å². The molecule has 1 aromatic rings. The van der Waals surface area contributed by atoms with Crippen molar-refractivity contribution >= 4 is 5.91 Å². The van der Waals surface area contributed by atoms with Crippen molar-refractivity contribution in [1.29, 1.82) is 0 Å². The molecule has 2 N–H and O–H groups in total. The number of carbonyl (C=O) groups excluding carboxylic acids is 1. The number of aliphatic hydroxyl groups is 1. The van der Waals surface area contributed by atoms with E-state index in [1.165, 1.54) is 6.07 Å². The van der Waals surface area contributed by atoms with Crippen molar-refractivity contribution in [2.75, 3.05) is 6.54 Å². The first kappa shape index (κ1) is 15.9. The lowest BCUT2D eigenvalue weighted by Gasteiger charge is -2.26. The molecule has 0 radical (unpaired) electrons. The third-order valence-electron chi connectivity index (χ3n) is 4.05. The van der Waals surface area contributed by atoms with E-state index in [9.17, 15) is 18.7 Å². The van der Waals surface area contributed by atoms with Gasteiger partial charge in [-0.2, -0.15) is 0 Å². The zero-order chi connectivity index (χ0) is 15.3. The summed E-state index contributed by atoms with van der Waals surface area (Å²) < 4.78 is 26.9. The molecule has 1 aliphatic carbocycles. The Hall–Kier alpha value is -1.49. The van der Waals surface area contributed by atoms with E-state index in [0.29, 0.717) is 12.8 Å². The topological polar surface area (TPSA) is 49.3 Å². The van der Waals surface area contributed by atoms with Crippen LogP contribution < -0.4 is 5.32 Å². The van der Waals surface area contributed by atoms with Crippen LogP contribution in [-0.4, -0.2) is 23.2 Å². The summed E-state index contributed by atoms with van der Waals surface area (Å²) in [6.45, 7) is 0.141. The van der Waals surface area contributed by atoms with E-state index in [2.05, 4.69) is 5.32 Å². The number of hydrogen-bond acceptors (Lipinski definition) is 2. The summed E-state index contributed by atoms with van der Waals surface area (Å²) in [5.74, 6) is -1.92. The molecule has 0 bridgehead atoms. The first-order valence-electron chi connectivity index (χ1n) is 7.42. The van der Waals surface area contributed by atoms with Gasteiger partial charge >= 0.3 is 0 Å². The number of benzene rings is 1. The minimum atomic E-state index is -0.889. The SMILES string of the molecule is O=C(Cc1c(F)cccc1F)NCC1(O)CCCCCC1. The molecule has 1 amide bonds. The van der Waals surface area contributed by atoms with E-state index in [1.807, 2.05) is 0 Å². The number of amides is 1. The van der Waals surface area contributed by atoms with Crippen LogP contribution in [0.2, 0.25) is 0 Å². The highest BCUT2D eigenvalue weighted by atomic mass is 19.1. The maximum atomic E-state index is 13.5. The second-order valence-electron chi connectivity index (χ2n) is 5.79. The Labute approximate surface area is 123 Å². The highest BCUT2D eigenvalue weighted by molar-refractivity contribution is 5.78. The molecule has 1 fully saturated rings. The van der Waals surface area contributed by atoms with Crippen LogP contribution >= 0.6 is 0 Å². The van der Waals surface area contributed by atoms with Crippen molar-refractivity contribution in [3.63, 3.8) is 0 Å². The molecule has 0 unspecified atom stereocenters. The zero-order valence-electron chi connectivity index (χ0n) is 12.0. The summed E-state index contributed by atoms with van der Waals surface area (Å²) in [5, 5.41) is 13.0. The maximum absolute atomic E-state index is 13.5. The quantitative estimate of drug-likeness (QED) is 0.840. The lowest BCUT2D eigenvalue weighted by atomic mass is 9.94. The zero-order valence-corrected chi connectivity index (χ0v) is 12.0. The molecule has 116 valence electrons. The van der Waals surface area contributed by atoms with E-state index in [-0.39, 0.29) is 18.5 Å². The Balaban J connectivity index is 1.90. The van der Waals surface area contributed by atoms with E-state index in [4.69, 9.17) is 0 Å². The van der Waals surface area contributed by atoms with Crippen LogP contribution in [0.3, 0.4) is 0 Å². The van der Waals surface area contributed by atoms with Gasteiger partial charge in [-0.3, -0.25) is 4.79 Å². The lowest BCUT2D eigenvalue weighted by Crippen LogP contribution is -2.43. The van der Waals surface area contributed by atoms with Crippen LogP contribution in [0, 0.1) is 11.6 Å². The molecule has 0 saturated heterocycles. The van der Waals surface area contributed by atoms with Gasteiger partial charge in [-0.1, -0.05) is 31.7 Å². The average molecular weight is 297 g/mol. The molecule has 21 heavy (non-hydrogen) atoms. The number of rotatable bonds is 4. The van der Waals surface area contributed by atoms with Gasteiger partial charge in [0, 0.05) is 12.1 Å². The Kier molecular flexibility index (Phi) is 5.28. The molecule has 3 nitrogen and oxygen atoms in total. The third kappa shape index (κ3) is 4.49. The van der Waals surface area contributed by atoms with Crippen molar-refractivity contribution in [2.24, 2.45) is 0 Å². The second-order valence-corrected chi connectivity index (χ2v) is 5.79. The van der Waals surface area contributed by atoms with Crippen molar-refractivity contribution in [3.05, 3.63) is 35.4 Å². The molecule has 0 atom stereocenters. The molecule has 1 aromatic carbocycles. The van der Waals surface area contributed by atoms with Crippen LogP contribution in [0.25, 0.3) is 0 Å². The highest BCUT2D eigenvalue weighted by Crippen LogP contribution is 2.26. The molecule has 0 aromatic heterocycles. The number of halogens is 2. The van der Waals surface area contributed by atoms with Gasteiger partial charge in [-0.25, -0.2) is 8.78 Å². The summed E-state index contributed by atoms with van der Waals surface area (Å²) in [4.78, 5) is 11.8. The fraction of sp³-hybridized carbons (Fsp3) is 0.562. The molecule has 2 rings (SSSR count). The first-order chi connectivity index (χ1) is 10.0. The standard InChI is InChI=1S/C16H21F2NO2/c17-13-6-5-7-14(18)12(13)10-15(20)19-11-16(21)8-3-1-2-4-9-16/h5-7,21H,1-4,8-11H2,(H,19,20). The first-order valence-corrected chi connectivity index (χ1v) is 7.42. The van der Waals surface area contributed by atoms with Gasteiger partial charge in [-0.05, 0) is 25.0 Å². The van der Waals surface area contributed by atoms with Crippen molar-refractivity contribution < 1.29 is 18.7 Å². The van der Waals surface area contributed by atoms with Crippen molar-refractivity contribution in [1.82, 2.24) is 5.32 Å². The maximum Gasteiger partial charge on any atom is 0.224 e. The summed E-state index contributed by atoms with van der Waals surface area (Å²) >= 11 is 0. The van der Waals surface area contributed by atoms with E-state index in [1.54, 1.807) is 0 Å². The molecule has 1 saturated carbocycles. The van der Waals surface area contributed by atoms with E-state index >= 15 is 0 Å². The van der Waals surface area contributed by atoms with Gasteiger partial charge < -0.3 is 10.4 Å². The van der Waals surface area contributed by atoms with E-state index in [0.717, 1.165) is 37.8 Å². The van der Waals surface area contributed by atoms with Crippen molar-refractivity contribution in [3.8, 4) is 0 Å². The van der Waals surface area contributed by atoms with Gasteiger partial charge in [0.25, 0.3) is 0 Å². The Bertz CT molecular complexity index is 477. The predicted octanol–water partition coefficient (Wildman–Crippen LogP) is 2.71. The van der Waals surface area contributed by atoms with Gasteiger partial charge in [-0.15, -0.1) is 0 Å². The monoisotopic (exact) mass is 297 g/mol. The molecule has 5 heteroatoms. The van der Waals surface area contributed by atoms with Gasteiger partial charge in [0.05, 0.1) is 12.0 Å². The molecule has 1 aliphatic rings. The van der Waals surface area contributed by atoms with Crippen molar-refractivity contribution in [2.45, 2.75) is 50.5 Å². The molecule has 0 spiro atoms. The average Bonchev–Trinajstić information content (AvgIpc) is 2.66. The third-order valence-corrected chi connectivity index (χ3v) is 4.05. The van der Waals surface area contributed by atoms with Gasteiger partial charge in [0.2, 0.25) is 5.91 Å².